The normalized spacial score (nSPS) is 14.7. The zero-order valence-electron chi connectivity index (χ0n) is 15.6. The molecule has 3 heterocycles. The van der Waals surface area contributed by atoms with E-state index < -0.39 is 0 Å². The van der Waals surface area contributed by atoms with Crippen LogP contribution in [0.25, 0.3) is 11.1 Å². The maximum absolute atomic E-state index is 12.3. The molecule has 0 unspecified atom stereocenters. The Balaban J connectivity index is 1.33. The van der Waals surface area contributed by atoms with Gasteiger partial charge in [-0.05, 0) is 53.7 Å². The highest BCUT2D eigenvalue weighted by Gasteiger charge is 2.18. The number of piperazine rings is 1. The molecule has 3 aromatic rings. The Kier molecular flexibility index (Phi) is 5.50. The van der Waals surface area contributed by atoms with Gasteiger partial charge in [0.15, 0.2) is 0 Å². The van der Waals surface area contributed by atoms with Crippen LogP contribution in [0.3, 0.4) is 0 Å². The average Bonchev–Trinajstić information content (AvgIpc) is 3.25. The average molecular weight is 395 g/mol. The van der Waals surface area contributed by atoms with Gasteiger partial charge in [0.2, 0.25) is 5.95 Å². The summed E-state index contributed by atoms with van der Waals surface area (Å²) in [6.45, 7) is 3.31. The molecule has 2 N–H and O–H groups in total. The number of hydrogen-bond acceptors (Lipinski definition) is 6. The third kappa shape index (κ3) is 4.47. The number of hydrogen-bond donors (Lipinski definition) is 2. The molecule has 4 rings (SSSR count). The van der Waals surface area contributed by atoms with E-state index >= 15 is 0 Å². The third-order valence-electron chi connectivity index (χ3n) is 4.69. The number of urea groups is 1. The van der Waals surface area contributed by atoms with Crippen LogP contribution in [-0.4, -0.2) is 59.0 Å². The Bertz CT molecular complexity index is 903. The largest absolute Gasteiger partial charge is 0.324 e. The van der Waals surface area contributed by atoms with Gasteiger partial charge in [0, 0.05) is 55.5 Å². The van der Waals surface area contributed by atoms with Crippen molar-refractivity contribution in [2.24, 2.45) is 0 Å². The van der Waals surface area contributed by atoms with Crippen LogP contribution in [0.1, 0.15) is 0 Å². The van der Waals surface area contributed by atoms with E-state index in [1.54, 1.807) is 11.3 Å². The van der Waals surface area contributed by atoms with Crippen LogP contribution in [0.15, 0.2) is 53.5 Å². The predicted molar refractivity (Wildman–Crippen MR) is 113 cm³/mol. The van der Waals surface area contributed by atoms with Crippen LogP contribution < -0.4 is 10.6 Å². The van der Waals surface area contributed by atoms with Gasteiger partial charge in [-0.15, -0.1) is 0 Å². The second-order valence-corrected chi connectivity index (χ2v) is 7.51. The van der Waals surface area contributed by atoms with E-state index in [1.807, 2.05) is 53.0 Å². The van der Waals surface area contributed by atoms with Gasteiger partial charge in [-0.3, -0.25) is 0 Å². The number of carbonyl (C=O) groups is 1. The van der Waals surface area contributed by atoms with Crippen molar-refractivity contribution in [3.05, 3.63) is 53.5 Å². The number of nitrogens with zero attached hydrogens (tertiary/aromatic N) is 4. The van der Waals surface area contributed by atoms with Gasteiger partial charge < -0.3 is 20.4 Å². The van der Waals surface area contributed by atoms with Crippen molar-refractivity contribution in [3.8, 4) is 11.1 Å². The Morgan fingerprint density at radius 3 is 2.29 bits per heavy atom. The van der Waals surface area contributed by atoms with Crippen molar-refractivity contribution in [2.45, 2.75) is 0 Å². The lowest BCUT2D eigenvalue weighted by Gasteiger charge is -2.32. The first-order valence-corrected chi connectivity index (χ1v) is 10.1. The summed E-state index contributed by atoms with van der Waals surface area (Å²) in [5.41, 5.74) is 3.75. The summed E-state index contributed by atoms with van der Waals surface area (Å²) in [7, 11) is 2.07. The molecule has 0 spiro atoms. The Labute approximate surface area is 168 Å². The van der Waals surface area contributed by atoms with Gasteiger partial charge in [-0.2, -0.15) is 11.3 Å². The number of nitrogens with one attached hydrogen (secondary N) is 2. The molecule has 1 aromatic carbocycles. The first-order valence-electron chi connectivity index (χ1n) is 9.13. The molecule has 1 aliphatic rings. The first kappa shape index (κ1) is 18.4. The molecule has 0 atom stereocenters. The van der Waals surface area contributed by atoms with Crippen LogP contribution in [0.2, 0.25) is 0 Å². The summed E-state index contributed by atoms with van der Waals surface area (Å²) >= 11 is 1.65. The molecule has 8 heteroatoms. The van der Waals surface area contributed by atoms with E-state index in [4.69, 9.17) is 0 Å². The molecule has 28 heavy (non-hydrogen) atoms. The van der Waals surface area contributed by atoms with Crippen LogP contribution >= 0.6 is 11.3 Å². The monoisotopic (exact) mass is 394 g/mol. The molecule has 1 saturated heterocycles. The molecule has 1 aliphatic heterocycles. The molecule has 0 aliphatic carbocycles. The Morgan fingerprint density at radius 2 is 1.64 bits per heavy atom. The summed E-state index contributed by atoms with van der Waals surface area (Å²) in [5.74, 6) is 0.535. The maximum Gasteiger partial charge on any atom is 0.321 e. The van der Waals surface area contributed by atoms with Gasteiger partial charge >= 0.3 is 6.03 Å². The molecule has 1 fully saturated rings. The van der Waals surface area contributed by atoms with Crippen molar-refractivity contribution in [3.63, 3.8) is 0 Å². The highest BCUT2D eigenvalue weighted by atomic mass is 32.1. The number of amides is 2. The molecule has 0 radical (unpaired) electrons. The van der Waals surface area contributed by atoms with E-state index in [2.05, 4.69) is 37.9 Å². The number of thiophene rings is 1. The van der Waals surface area contributed by atoms with E-state index in [9.17, 15) is 4.79 Å². The molecule has 0 saturated carbocycles. The third-order valence-corrected chi connectivity index (χ3v) is 5.37. The van der Waals surface area contributed by atoms with Gasteiger partial charge in [0.25, 0.3) is 0 Å². The number of aromatic nitrogens is 2. The fourth-order valence-electron chi connectivity index (χ4n) is 2.95. The van der Waals surface area contributed by atoms with Crippen molar-refractivity contribution < 1.29 is 4.79 Å². The smallest absolute Gasteiger partial charge is 0.321 e. The standard InChI is InChI=1S/C20H22N6OS/c1-25-7-9-26(10-8-25)20(27)24-18-4-2-17(3-5-18)23-19-21-12-16(13-22-19)15-6-11-28-14-15/h2-6,11-14H,7-10H2,1H3,(H,24,27)(H,21,22,23). The minimum atomic E-state index is -0.0545. The number of benzene rings is 1. The minimum absolute atomic E-state index is 0.0545. The van der Waals surface area contributed by atoms with Gasteiger partial charge in [-0.1, -0.05) is 0 Å². The maximum atomic E-state index is 12.3. The summed E-state index contributed by atoms with van der Waals surface area (Å²) in [4.78, 5) is 25.1. The molecule has 2 amide bonds. The fourth-order valence-corrected chi connectivity index (χ4v) is 3.61. The van der Waals surface area contributed by atoms with Crippen molar-refractivity contribution in [1.29, 1.82) is 0 Å². The van der Waals surface area contributed by atoms with Crippen LogP contribution in [0.5, 0.6) is 0 Å². The summed E-state index contributed by atoms with van der Waals surface area (Å²) in [6, 6.07) is 9.53. The summed E-state index contributed by atoms with van der Waals surface area (Å²) < 4.78 is 0. The summed E-state index contributed by atoms with van der Waals surface area (Å²) in [6.07, 6.45) is 3.62. The van der Waals surface area contributed by atoms with Crippen molar-refractivity contribution >= 4 is 34.7 Å². The second kappa shape index (κ2) is 8.37. The van der Waals surface area contributed by atoms with Crippen molar-refractivity contribution in [2.75, 3.05) is 43.9 Å². The molecular formula is C20H22N6OS. The SMILES string of the molecule is CN1CCN(C(=O)Nc2ccc(Nc3ncc(-c4ccsc4)cn3)cc2)CC1. The van der Waals surface area contributed by atoms with Crippen LogP contribution in [-0.2, 0) is 0 Å². The lowest BCUT2D eigenvalue weighted by molar-refractivity contribution is 0.164. The number of carbonyl (C=O) groups excluding carboxylic acids is 1. The number of anilines is 3. The number of rotatable bonds is 4. The summed E-state index contributed by atoms with van der Waals surface area (Å²) in [5, 5.41) is 10.2. The predicted octanol–water partition coefficient (Wildman–Crippen LogP) is 3.73. The van der Waals surface area contributed by atoms with E-state index in [-0.39, 0.29) is 6.03 Å². The second-order valence-electron chi connectivity index (χ2n) is 6.73. The Morgan fingerprint density at radius 1 is 0.964 bits per heavy atom. The Hall–Kier alpha value is -2.97. The minimum Gasteiger partial charge on any atom is -0.324 e. The topological polar surface area (TPSA) is 73.4 Å². The van der Waals surface area contributed by atoms with Gasteiger partial charge in [0.1, 0.15) is 0 Å². The highest BCUT2D eigenvalue weighted by Crippen LogP contribution is 2.22. The molecule has 144 valence electrons. The first-order chi connectivity index (χ1) is 13.7. The van der Waals surface area contributed by atoms with Gasteiger partial charge in [0.05, 0.1) is 0 Å². The van der Waals surface area contributed by atoms with Crippen LogP contribution in [0, 0.1) is 0 Å². The lowest BCUT2D eigenvalue weighted by Crippen LogP contribution is -2.48. The molecule has 7 nitrogen and oxygen atoms in total. The van der Waals surface area contributed by atoms with E-state index in [1.165, 1.54) is 0 Å². The van der Waals surface area contributed by atoms with E-state index in [0.717, 1.165) is 48.7 Å². The quantitative estimate of drug-likeness (QED) is 0.705. The van der Waals surface area contributed by atoms with Crippen LogP contribution in [0.4, 0.5) is 22.1 Å². The fraction of sp³-hybridized carbons (Fsp3) is 0.250. The zero-order valence-corrected chi connectivity index (χ0v) is 16.4. The molecule has 2 aromatic heterocycles. The van der Waals surface area contributed by atoms with E-state index in [0.29, 0.717) is 5.95 Å². The molecular weight excluding hydrogens is 372 g/mol. The molecule has 0 bridgehead atoms. The number of likely N-dealkylation sites (N-methyl/N-ethyl adjacent to an activating group) is 1. The van der Waals surface area contributed by atoms with Gasteiger partial charge in [-0.25, -0.2) is 14.8 Å². The highest BCUT2D eigenvalue weighted by molar-refractivity contribution is 7.08. The van der Waals surface area contributed by atoms with Crippen molar-refractivity contribution in [1.82, 2.24) is 19.8 Å². The zero-order chi connectivity index (χ0) is 19.3. The lowest BCUT2D eigenvalue weighted by atomic mass is 10.2.